The van der Waals surface area contributed by atoms with Gasteiger partial charge in [0.1, 0.15) is 0 Å². The van der Waals surface area contributed by atoms with E-state index >= 15 is 0 Å². The minimum absolute atomic E-state index is 0.361. The van der Waals surface area contributed by atoms with Crippen LogP contribution in [0.3, 0.4) is 0 Å². The van der Waals surface area contributed by atoms with Crippen LogP contribution in [0.25, 0.3) is 0 Å². The van der Waals surface area contributed by atoms with Crippen LogP contribution in [0, 0.1) is 5.92 Å². The van der Waals surface area contributed by atoms with E-state index in [1.165, 1.54) is 50.5 Å². The van der Waals surface area contributed by atoms with Crippen LogP contribution in [0.5, 0.6) is 11.5 Å². The molecule has 2 N–H and O–H groups in total. The number of nitrogens with two attached hydrogens (primary N) is 1. The summed E-state index contributed by atoms with van der Waals surface area (Å²) in [6, 6.07) is 6.86. The highest BCUT2D eigenvalue weighted by molar-refractivity contribution is 5.46. The Balaban J connectivity index is 1.48. The summed E-state index contributed by atoms with van der Waals surface area (Å²) in [5.41, 5.74) is 7.64. The van der Waals surface area contributed by atoms with Gasteiger partial charge >= 0.3 is 0 Å². The SMILES string of the molecule is N[C@H]1CCCC[C@H]1Cc1ccc2c(c1)OC1(CCCCC1)O2. The lowest BCUT2D eigenvalue weighted by Crippen LogP contribution is -2.40. The van der Waals surface area contributed by atoms with Crippen LogP contribution >= 0.6 is 0 Å². The average molecular weight is 301 g/mol. The normalized spacial score (nSPS) is 29.7. The molecule has 1 heterocycles. The van der Waals surface area contributed by atoms with E-state index in [9.17, 15) is 0 Å². The van der Waals surface area contributed by atoms with Gasteiger partial charge in [0.05, 0.1) is 0 Å². The van der Waals surface area contributed by atoms with Crippen LogP contribution in [0.1, 0.15) is 63.4 Å². The number of hydrogen-bond donors (Lipinski definition) is 1. The van der Waals surface area contributed by atoms with E-state index in [0.717, 1.165) is 30.8 Å². The first-order valence-corrected chi connectivity index (χ1v) is 9.01. The van der Waals surface area contributed by atoms with Gasteiger partial charge in [0.15, 0.2) is 11.5 Å². The molecule has 4 rings (SSSR count). The summed E-state index contributed by atoms with van der Waals surface area (Å²) < 4.78 is 12.4. The van der Waals surface area contributed by atoms with E-state index in [2.05, 4.69) is 18.2 Å². The summed E-state index contributed by atoms with van der Waals surface area (Å²) in [5, 5.41) is 0. The van der Waals surface area contributed by atoms with Crippen molar-refractivity contribution in [2.24, 2.45) is 11.7 Å². The monoisotopic (exact) mass is 301 g/mol. The average Bonchev–Trinajstić information content (AvgIpc) is 2.87. The molecule has 0 aromatic heterocycles. The molecule has 3 nitrogen and oxygen atoms in total. The first-order valence-electron chi connectivity index (χ1n) is 9.01. The Bertz CT molecular complexity index is 536. The molecular weight excluding hydrogens is 274 g/mol. The summed E-state index contributed by atoms with van der Waals surface area (Å²) in [7, 11) is 0. The van der Waals surface area contributed by atoms with Crippen LogP contribution in [-0.2, 0) is 6.42 Å². The van der Waals surface area contributed by atoms with Crippen molar-refractivity contribution in [3.05, 3.63) is 23.8 Å². The van der Waals surface area contributed by atoms with Gasteiger partial charge in [0.25, 0.3) is 5.79 Å². The number of hydrogen-bond acceptors (Lipinski definition) is 3. The van der Waals surface area contributed by atoms with Gasteiger partial charge in [-0.3, -0.25) is 0 Å². The molecule has 1 aromatic carbocycles. The van der Waals surface area contributed by atoms with E-state index in [1.807, 2.05) is 0 Å². The molecule has 2 fully saturated rings. The molecule has 3 aliphatic rings. The molecule has 0 bridgehead atoms. The maximum absolute atomic E-state index is 6.30. The smallest absolute Gasteiger partial charge is 0.251 e. The predicted octanol–water partition coefficient (Wildman–Crippen LogP) is 4.18. The second-order valence-electron chi connectivity index (χ2n) is 7.37. The van der Waals surface area contributed by atoms with Crippen molar-refractivity contribution >= 4 is 0 Å². The van der Waals surface area contributed by atoms with E-state index in [1.54, 1.807) is 0 Å². The summed E-state index contributed by atoms with van der Waals surface area (Å²) >= 11 is 0. The summed E-state index contributed by atoms with van der Waals surface area (Å²) in [6.45, 7) is 0. The molecule has 3 heteroatoms. The van der Waals surface area contributed by atoms with Crippen molar-refractivity contribution in [1.29, 1.82) is 0 Å². The molecule has 0 radical (unpaired) electrons. The molecule has 1 aliphatic heterocycles. The number of benzene rings is 1. The Labute approximate surface area is 133 Å². The summed E-state index contributed by atoms with van der Waals surface area (Å²) in [5.74, 6) is 2.14. The third-order valence-corrected chi connectivity index (χ3v) is 5.68. The van der Waals surface area contributed by atoms with E-state index < -0.39 is 0 Å². The van der Waals surface area contributed by atoms with Crippen molar-refractivity contribution in [1.82, 2.24) is 0 Å². The minimum Gasteiger partial charge on any atom is -0.448 e. The van der Waals surface area contributed by atoms with Crippen molar-refractivity contribution < 1.29 is 9.47 Å². The highest BCUT2D eigenvalue weighted by Gasteiger charge is 2.42. The van der Waals surface area contributed by atoms with Crippen LogP contribution in [0.2, 0.25) is 0 Å². The molecule has 2 aliphatic carbocycles. The largest absolute Gasteiger partial charge is 0.448 e. The topological polar surface area (TPSA) is 44.5 Å². The second-order valence-corrected chi connectivity index (χ2v) is 7.37. The zero-order valence-electron chi connectivity index (χ0n) is 13.4. The Morgan fingerprint density at radius 3 is 2.55 bits per heavy atom. The van der Waals surface area contributed by atoms with E-state index in [0.29, 0.717) is 12.0 Å². The van der Waals surface area contributed by atoms with Gasteiger partial charge in [-0.05, 0) is 55.7 Å². The summed E-state index contributed by atoms with van der Waals surface area (Å²) in [6.07, 6.45) is 11.9. The minimum atomic E-state index is -0.361. The maximum atomic E-state index is 6.30. The van der Waals surface area contributed by atoms with Crippen LogP contribution in [0.15, 0.2) is 18.2 Å². The molecule has 22 heavy (non-hydrogen) atoms. The Hall–Kier alpha value is -1.22. The van der Waals surface area contributed by atoms with Gasteiger partial charge in [-0.15, -0.1) is 0 Å². The van der Waals surface area contributed by atoms with Gasteiger partial charge in [-0.2, -0.15) is 0 Å². The van der Waals surface area contributed by atoms with Crippen LogP contribution in [-0.4, -0.2) is 11.8 Å². The van der Waals surface area contributed by atoms with Gasteiger partial charge in [-0.1, -0.05) is 25.3 Å². The van der Waals surface area contributed by atoms with Crippen molar-refractivity contribution in [2.45, 2.75) is 76.0 Å². The van der Waals surface area contributed by atoms with Crippen molar-refractivity contribution in [3.8, 4) is 11.5 Å². The molecule has 1 spiro atoms. The van der Waals surface area contributed by atoms with Gasteiger partial charge in [0.2, 0.25) is 0 Å². The van der Waals surface area contributed by atoms with E-state index in [-0.39, 0.29) is 5.79 Å². The Morgan fingerprint density at radius 2 is 1.73 bits per heavy atom. The lowest BCUT2D eigenvalue weighted by atomic mass is 9.81. The van der Waals surface area contributed by atoms with Crippen molar-refractivity contribution in [2.75, 3.05) is 0 Å². The lowest BCUT2D eigenvalue weighted by Gasteiger charge is -2.31. The molecule has 0 amide bonds. The zero-order valence-corrected chi connectivity index (χ0v) is 13.4. The molecular formula is C19H27NO2. The highest BCUT2D eigenvalue weighted by Crippen LogP contribution is 2.46. The molecule has 1 aromatic rings. The second kappa shape index (κ2) is 5.77. The zero-order chi connectivity index (χ0) is 15.0. The third-order valence-electron chi connectivity index (χ3n) is 5.68. The summed E-state index contributed by atoms with van der Waals surface area (Å²) in [4.78, 5) is 0. The van der Waals surface area contributed by atoms with Gasteiger partial charge in [-0.25, -0.2) is 0 Å². The molecule has 120 valence electrons. The molecule has 2 saturated carbocycles. The standard InChI is InChI=1S/C19H27NO2/c20-16-7-3-2-6-15(16)12-14-8-9-17-18(13-14)22-19(21-17)10-4-1-5-11-19/h8-9,13,15-16H,1-7,10-12,20H2/t15-,16-/m0/s1. The fourth-order valence-corrected chi connectivity index (χ4v) is 4.35. The maximum Gasteiger partial charge on any atom is 0.251 e. The fraction of sp³-hybridized carbons (Fsp3) is 0.684. The Morgan fingerprint density at radius 1 is 0.955 bits per heavy atom. The number of ether oxygens (including phenoxy) is 2. The van der Waals surface area contributed by atoms with Crippen LogP contribution < -0.4 is 15.2 Å². The first-order chi connectivity index (χ1) is 10.7. The third kappa shape index (κ3) is 2.71. The lowest BCUT2D eigenvalue weighted by molar-refractivity contribution is -0.105. The van der Waals surface area contributed by atoms with Crippen LogP contribution in [0.4, 0.5) is 0 Å². The Kier molecular flexibility index (Phi) is 3.77. The van der Waals surface area contributed by atoms with Crippen molar-refractivity contribution in [3.63, 3.8) is 0 Å². The molecule has 0 unspecified atom stereocenters. The molecule has 0 saturated heterocycles. The number of rotatable bonds is 2. The predicted molar refractivity (Wildman–Crippen MR) is 87.2 cm³/mol. The highest BCUT2D eigenvalue weighted by atomic mass is 16.7. The first kappa shape index (κ1) is 14.4. The fourth-order valence-electron chi connectivity index (χ4n) is 4.35. The number of fused-ring (bicyclic) bond motifs is 1. The van der Waals surface area contributed by atoms with Gasteiger partial charge in [0, 0.05) is 18.9 Å². The quantitative estimate of drug-likeness (QED) is 0.891. The van der Waals surface area contributed by atoms with E-state index in [4.69, 9.17) is 15.2 Å². The molecule has 2 atom stereocenters. The van der Waals surface area contributed by atoms with Gasteiger partial charge < -0.3 is 15.2 Å².